The topological polar surface area (TPSA) is 48.1 Å². The lowest BCUT2D eigenvalue weighted by Gasteiger charge is -2.45. The lowest BCUT2D eigenvalue weighted by Crippen LogP contribution is -2.53. The first-order chi connectivity index (χ1) is 8.47. The van der Waals surface area contributed by atoms with E-state index in [9.17, 15) is 0 Å². The third-order valence-electron chi connectivity index (χ3n) is 4.44. The van der Waals surface area contributed by atoms with Crippen LogP contribution >= 0.6 is 11.3 Å². The molecule has 3 nitrogen and oxygen atoms in total. The van der Waals surface area contributed by atoms with E-state index in [1.165, 1.54) is 17.7 Å². The lowest BCUT2D eigenvalue weighted by molar-refractivity contribution is -0.0780. The Morgan fingerprint density at radius 1 is 1.39 bits per heavy atom. The minimum absolute atomic E-state index is 0.0686. The zero-order valence-corrected chi connectivity index (χ0v) is 12.4. The molecule has 0 radical (unpaired) electrons. The molecule has 2 rings (SSSR count). The highest BCUT2D eigenvalue weighted by Gasteiger charge is 2.42. The van der Waals surface area contributed by atoms with Gasteiger partial charge in [-0.2, -0.15) is 0 Å². The van der Waals surface area contributed by atoms with E-state index in [2.05, 4.69) is 18.8 Å². The number of ether oxygens (including phenoxy) is 1. The van der Waals surface area contributed by atoms with Crippen LogP contribution in [0.4, 0.5) is 0 Å². The molecule has 1 aliphatic rings. The van der Waals surface area contributed by atoms with Crippen LogP contribution in [0.2, 0.25) is 0 Å². The first-order valence-electron chi connectivity index (χ1n) is 6.66. The average Bonchev–Trinajstić information content (AvgIpc) is 2.82. The first-order valence-corrected chi connectivity index (χ1v) is 7.53. The van der Waals surface area contributed by atoms with E-state index >= 15 is 0 Å². The summed E-state index contributed by atoms with van der Waals surface area (Å²) in [6.45, 7) is 4.67. The van der Waals surface area contributed by atoms with E-state index in [0.717, 1.165) is 19.3 Å². The normalized spacial score (nSPS) is 23.8. The highest BCUT2D eigenvalue weighted by Crippen LogP contribution is 2.43. The third-order valence-corrected chi connectivity index (χ3v) is 5.24. The van der Waals surface area contributed by atoms with Gasteiger partial charge in [0.25, 0.3) is 0 Å². The molecule has 1 fully saturated rings. The molecule has 1 aliphatic carbocycles. The van der Waals surface area contributed by atoms with Gasteiger partial charge in [-0.3, -0.25) is 4.98 Å². The van der Waals surface area contributed by atoms with Crippen LogP contribution in [0.1, 0.15) is 44.4 Å². The van der Waals surface area contributed by atoms with Crippen LogP contribution in [-0.2, 0) is 11.2 Å². The Morgan fingerprint density at radius 3 is 2.56 bits per heavy atom. The fourth-order valence-electron chi connectivity index (χ4n) is 2.82. The second-order valence-electron chi connectivity index (χ2n) is 6.21. The van der Waals surface area contributed by atoms with E-state index in [1.54, 1.807) is 11.3 Å². The lowest BCUT2D eigenvalue weighted by atomic mass is 9.68. The van der Waals surface area contributed by atoms with Crippen molar-refractivity contribution in [1.29, 1.82) is 0 Å². The monoisotopic (exact) mass is 268 g/mol. The van der Waals surface area contributed by atoms with Crippen LogP contribution in [0.5, 0.6) is 0 Å². The molecule has 1 unspecified atom stereocenters. The third kappa shape index (κ3) is 2.92. The predicted molar refractivity (Wildman–Crippen MR) is 75.8 cm³/mol. The van der Waals surface area contributed by atoms with Gasteiger partial charge in [0.2, 0.25) is 0 Å². The Balaban J connectivity index is 2.03. The molecule has 18 heavy (non-hydrogen) atoms. The molecule has 0 saturated heterocycles. The molecule has 1 heterocycles. The highest BCUT2D eigenvalue weighted by molar-refractivity contribution is 7.09. The standard InChI is InChI=1S/C14H24N2OS/c1-13(2)4-6-14(17-3,7-5-13)12(15)8-11-9-16-10-18-11/h9-10,12H,4-8,15H2,1-3H3. The van der Waals surface area contributed by atoms with Gasteiger partial charge >= 0.3 is 0 Å². The second-order valence-corrected chi connectivity index (χ2v) is 7.18. The van der Waals surface area contributed by atoms with Crippen molar-refractivity contribution in [3.05, 3.63) is 16.6 Å². The number of thiazole rings is 1. The largest absolute Gasteiger partial charge is 0.377 e. The zero-order valence-electron chi connectivity index (χ0n) is 11.6. The van der Waals surface area contributed by atoms with Crippen molar-refractivity contribution < 1.29 is 4.74 Å². The van der Waals surface area contributed by atoms with Gasteiger partial charge in [0.1, 0.15) is 0 Å². The molecule has 1 saturated carbocycles. The van der Waals surface area contributed by atoms with Gasteiger partial charge in [0.05, 0.1) is 11.1 Å². The summed E-state index contributed by atoms with van der Waals surface area (Å²) >= 11 is 1.68. The second kappa shape index (κ2) is 5.27. The van der Waals surface area contributed by atoms with E-state index in [-0.39, 0.29) is 11.6 Å². The Labute approximate surface area is 114 Å². The van der Waals surface area contributed by atoms with Crippen molar-refractivity contribution in [2.75, 3.05) is 7.11 Å². The summed E-state index contributed by atoms with van der Waals surface area (Å²) in [6.07, 6.45) is 7.31. The summed E-state index contributed by atoms with van der Waals surface area (Å²) in [5, 5.41) is 0. The smallest absolute Gasteiger partial charge is 0.0832 e. The minimum Gasteiger partial charge on any atom is -0.377 e. The number of rotatable bonds is 4. The fraction of sp³-hybridized carbons (Fsp3) is 0.786. The Morgan fingerprint density at radius 2 is 2.06 bits per heavy atom. The Hall–Kier alpha value is -0.450. The summed E-state index contributed by atoms with van der Waals surface area (Å²) in [6, 6.07) is 0.0686. The summed E-state index contributed by atoms with van der Waals surface area (Å²) < 4.78 is 5.84. The van der Waals surface area contributed by atoms with E-state index in [1.807, 2.05) is 18.8 Å². The molecule has 1 aromatic heterocycles. The molecule has 1 aromatic rings. The van der Waals surface area contributed by atoms with Crippen molar-refractivity contribution in [2.45, 2.75) is 57.6 Å². The number of nitrogens with zero attached hydrogens (tertiary/aromatic N) is 1. The highest BCUT2D eigenvalue weighted by atomic mass is 32.1. The maximum Gasteiger partial charge on any atom is 0.0832 e. The average molecular weight is 268 g/mol. The Kier molecular flexibility index (Phi) is 4.09. The number of hydrogen-bond acceptors (Lipinski definition) is 4. The van der Waals surface area contributed by atoms with Gasteiger partial charge in [-0.15, -0.1) is 11.3 Å². The van der Waals surface area contributed by atoms with Gasteiger partial charge in [-0.1, -0.05) is 13.8 Å². The quantitative estimate of drug-likeness (QED) is 0.913. The summed E-state index contributed by atoms with van der Waals surface area (Å²) in [4.78, 5) is 5.37. The maximum atomic E-state index is 6.43. The van der Waals surface area contributed by atoms with Gasteiger partial charge in [-0.25, -0.2) is 0 Å². The molecular weight excluding hydrogens is 244 g/mol. The van der Waals surface area contributed by atoms with Gasteiger partial charge < -0.3 is 10.5 Å². The fourth-order valence-corrected chi connectivity index (χ4v) is 3.48. The van der Waals surface area contributed by atoms with Gasteiger partial charge in [0, 0.05) is 30.6 Å². The molecule has 0 aliphatic heterocycles. The molecule has 2 N–H and O–H groups in total. The van der Waals surface area contributed by atoms with Crippen molar-refractivity contribution in [1.82, 2.24) is 4.98 Å². The summed E-state index contributed by atoms with van der Waals surface area (Å²) in [5.41, 5.74) is 8.59. The number of methoxy groups -OCH3 is 1. The SMILES string of the molecule is COC1(C(N)Cc2cncs2)CCC(C)(C)CC1. The number of nitrogens with two attached hydrogens (primary N) is 1. The minimum atomic E-state index is -0.139. The predicted octanol–water partition coefficient (Wildman–Crippen LogP) is 3.00. The molecule has 0 bridgehead atoms. The van der Waals surface area contributed by atoms with Crippen LogP contribution in [0.15, 0.2) is 11.7 Å². The van der Waals surface area contributed by atoms with Crippen LogP contribution in [0.3, 0.4) is 0 Å². The summed E-state index contributed by atoms with van der Waals surface area (Å²) in [7, 11) is 1.81. The van der Waals surface area contributed by atoms with Crippen LogP contribution in [0.25, 0.3) is 0 Å². The Bertz CT molecular complexity index is 365. The van der Waals surface area contributed by atoms with E-state index in [0.29, 0.717) is 5.41 Å². The van der Waals surface area contributed by atoms with E-state index < -0.39 is 0 Å². The first kappa shape index (κ1) is 14.0. The van der Waals surface area contributed by atoms with Crippen molar-refractivity contribution >= 4 is 11.3 Å². The van der Waals surface area contributed by atoms with Crippen LogP contribution in [0, 0.1) is 5.41 Å². The van der Waals surface area contributed by atoms with Gasteiger partial charge in [-0.05, 0) is 31.1 Å². The van der Waals surface area contributed by atoms with Crippen molar-refractivity contribution in [3.63, 3.8) is 0 Å². The number of hydrogen-bond donors (Lipinski definition) is 1. The molecule has 1 atom stereocenters. The molecule has 0 aromatic carbocycles. The van der Waals surface area contributed by atoms with Crippen molar-refractivity contribution in [2.24, 2.45) is 11.1 Å². The molecule has 0 amide bonds. The van der Waals surface area contributed by atoms with Crippen LogP contribution in [-0.4, -0.2) is 23.7 Å². The zero-order chi connectivity index (χ0) is 13.2. The molecular formula is C14H24N2OS. The van der Waals surface area contributed by atoms with Gasteiger partial charge in [0.15, 0.2) is 0 Å². The van der Waals surface area contributed by atoms with Crippen LogP contribution < -0.4 is 5.73 Å². The maximum absolute atomic E-state index is 6.43. The van der Waals surface area contributed by atoms with Crippen molar-refractivity contribution in [3.8, 4) is 0 Å². The number of aromatic nitrogens is 1. The summed E-state index contributed by atoms with van der Waals surface area (Å²) in [5.74, 6) is 0. The van der Waals surface area contributed by atoms with E-state index in [4.69, 9.17) is 10.5 Å². The molecule has 0 spiro atoms. The molecule has 102 valence electrons. The molecule has 4 heteroatoms.